The molecule has 0 saturated carbocycles. The van der Waals surface area contributed by atoms with E-state index in [0.29, 0.717) is 6.54 Å². The molecule has 0 bridgehead atoms. The number of likely N-dealkylation sites (tertiary alicyclic amines) is 1. The molecule has 1 aliphatic heterocycles. The summed E-state index contributed by atoms with van der Waals surface area (Å²) in [5.41, 5.74) is 2.64. The van der Waals surface area contributed by atoms with E-state index in [1.54, 1.807) is 7.11 Å². The number of methoxy groups -OCH3 is 1. The smallest absolute Gasteiger partial charge is 0.191 e. The van der Waals surface area contributed by atoms with E-state index >= 15 is 0 Å². The number of nitrogens with zero attached hydrogens (tertiary/aromatic N) is 2. The van der Waals surface area contributed by atoms with Crippen molar-refractivity contribution in [1.29, 1.82) is 0 Å². The number of hydrogen-bond donors (Lipinski definition) is 2. The number of nitrogens with one attached hydrogen (secondary N) is 2. The fourth-order valence-corrected chi connectivity index (χ4v) is 2.88. The Morgan fingerprint density at radius 2 is 1.83 bits per heavy atom. The first-order valence-corrected chi connectivity index (χ1v) is 9.13. The lowest BCUT2D eigenvalue weighted by Crippen LogP contribution is -2.38. The number of aliphatic imine (C=N–C) groups is 1. The molecule has 1 aromatic rings. The summed E-state index contributed by atoms with van der Waals surface area (Å²) in [6.07, 6.45) is 3.67. The highest BCUT2D eigenvalue weighted by Gasteiger charge is 2.11. The third kappa shape index (κ3) is 6.89. The predicted molar refractivity (Wildman–Crippen MR) is 100 cm³/mol. The maximum Gasteiger partial charge on any atom is 0.191 e. The van der Waals surface area contributed by atoms with E-state index in [4.69, 9.17) is 4.74 Å². The third-order valence-electron chi connectivity index (χ3n) is 4.21. The second-order valence-corrected chi connectivity index (χ2v) is 6.27. The summed E-state index contributed by atoms with van der Waals surface area (Å²) in [6.45, 7) is 8.85. The second-order valence-electron chi connectivity index (χ2n) is 6.27. The molecule has 1 saturated heterocycles. The summed E-state index contributed by atoms with van der Waals surface area (Å²) in [6, 6.07) is 8.87. The number of hydrogen-bond acceptors (Lipinski definition) is 3. The monoisotopic (exact) mass is 332 g/mol. The quantitative estimate of drug-likeness (QED) is 0.414. The van der Waals surface area contributed by atoms with E-state index in [2.05, 4.69) is 51.7 Å². The van der Waals surface area contributed by atoms with E-state index in [0.717, 1.165) is 38.6 Å². The molecule has 24 heavy (non-hydrogen) atoms. The van der Waals surface area contributed by atoms with Gasteiger partial charge in [-0.15, -0.1) is 0 Å². The van der Waals surface area contributed by atoms with Crippen LogP contribution in [0.5, 0.6) is 0 Å². The van der Waals surface area contributed by atoms with Gasteiger partial charge in [-0.2, -0.15) is 0 Å². The molecule has 1 aliphatic rings. The van der Waals surface area contributed by atoms with Crippen LogP contribution in [-0.2, 0) is 17.8 Å². The van der Waals surface area contributed by atoms with Gasteiger partial charge in [-0.1, -0.05) is 24.3 Å². The van der Waals surface area contributed by atoms with E-state index < -0.39 is 0 Å². The molecule has 0 radical (unpaired) electrons. The summed E-state index contributed by atoms with van der Waals surface area (Å²) in [5.74, 6) is 0.870. The van der Waals surface area contributed by atoms with Crippen LogP contribution in [-0.4, -0.2) is 50.8 Å². The standard InChI is InChI=1S/C19H32N4O/c1-3-20-19(21-11-6-14-24-2)22-15-17-7-9-18(10-8-17)16-23-12-4-5-13-23/h7-10H,3-6,11-16H2,1-2H3,(H2,20,21,22). The average molecular weight is 332 g/mol. The van der Waals surface area contributed by atoms with Crippen molar-refractivity contribution in [3.63, 3.8) is 0 Å². The molecule has 0 amide bonds. The molecule has 1 heterocycles. The molecule has 0 aliphatic carbocycles. The van der Waals surface area contributed by atoms with Crippen molar-refractivity contribution in [1.82, 2.24) is 15.5 Å². The van der Waals surface area contributed by atoms with Crippen LogP contribution in [0.2, 0.25) is 0 Å². The fourth-order valence-electron chi connectivity index (χ4n) is 2.88. The molecule has 0 aromatic heterocycles. The van der Waals surface area contributed by atoms with Gasteiger partial charge >= 0.3 is 0 Å². The molecule has 2 rings (SSSR count). The van der Waals surface area contributed by atoms with Gasteiger partial charge in [0.05, 0.1) is 6.54 Å². The van der Waals surface area contributed by atoms with Crippen molar-refractivity contribution in [2.24, 2.45) is 4.99 Å². The molecule has 1 fully saturated rings. The van der Waals surface area contributed by atoms with Crippen LogP contribution in [0.1, 0.15) is 37.3 Å². The van der Waals surface area contributed by atoms with Gasteiger partial charge in [0, 0.05) is 33.4 Å². The minimum absolute atomic E-state index is 0.698. The summed E-state index contributed by atoms with van der Waals surface area (Å²) >= 11 is 0. The van der Waals surface area contributed by atoms with Crippen molar-refractivity contribution in [3.8, 4) is 0 Å². The highest BCUT2D eigenvalue weighted by molar-refractivity contribution is 5.79. The highest BCUT2D eigenvalue weighted by atomic mass is 16.5. The Bertz CT molecular complexity index is 481. The minimum Gasteiger partial charge on any atom is -0.385 e. The molecule has 0 unspecified atom stereocenters. The van der Waals surface area contributed by atoms with Gasteiger partial charge in [0.25, 0.3) is 0 Å². The molecular formula is C19H32N4O. The number of rotatable bonds is 9. The molecule has 134 valence electrons. The molecule has 5 nitrogen and oxygen atoms in total. The second kappa shape index (κ2) is 11.0. The van der Waals surface area contributed by atoms with Crippen LogP contribution in [0.25, 0.3) is 0 Å². The summed E-state index contributed by atoms with van der Waals surface area (Å²) in [5, 5.41) is 6.62. The van der Waals surface area contributed by atoms with Crippen LogP contribution in [0, 0.1) is 0 Å². The van der Waals surface area contributed by atoms with Gasteiger partial charge in [-0.3, -0.25) is 4.90 Å². The normalized spacial score (nSPS) is 15.7. The zero-order chi connectivity index (χ0) is 17.0. The molecule has 0 atom stereocenters. The fraction of sp³-hybridized carbons (Fsp3) is 0.632. The Hall–Kier alpha value is -1.59. The van der Waals surface area contributed by atoms with Gasteiger partial charge in [0.2, 0.25) is 0 Å². The molecule has 2 N–H and O–H groups in total. The third-order valence-corrected chi connectivity index (χ3v) is 4.21. The summed E-state index contributed by atoms with van der Waals surface area (Å²) < 4.78 is 5.07. The molecule has 0 spiro atoms. The van der Waals surface area contributed by atoms with E-state index in [-0.39, 0.29) is 0 Å². The SMILES string of the molecule is CCNC(=NCc1ccc(CN2CCCC2)cc1)NCCCOC. The van der Waals surface area contributed by atoms with Crippen LogP contribution >= 0.6 is 0 Å². The maximum atomic E-state index is 5.07. The van der Waals surface area contributed by atoms with Crippen molar-refractivity contribution >= 4 is 5.96 Å². The first kappa shape index (κ1) is 18.7. The van der Waals surface area contributed by atoms with Gasteiger partial charge in [0.15, 0.2) is 5.96 Å². The van der Waals surface area contributed by atoms with Crippen molar-refractivity contribution in [2.45, 2.75) is 39.3 Å². The van der Waals surface area contributed by atoms with Crippen LogP contribution in [0.15, 0.2) is 29.3 Å². The lowest BCUT2D eigenvalue weighted by molar-refractivity contribution is 0.195. The largest absolute Gasteiger partial charge is 0.385 e. The Labute approximate surface area is 146 Å². The van der Waals surface area contributed by atoms with Crippen LogP contribution < -0.4 is 10.6 Å². The van der Waals surface area contributed by atoms with Gasteiger partial charge in [-0.25, -0.2) is 4.99 Å². The van der Waals surface area contributed by atoms with Crippen LogP contribution in [0.3, 0.4) is 0 Å². The molecule has 5 heteroatoms. The van der Waals surface area contributed by atoms with Gasteiger partial charge in [-0.05, 0) is 50.4 Å². The van der Waals surface area contributed by atoms with Gasteiger partial charge in [0.1, 0.15) is 0 Å². The maximum absolute atomic E-state index is 5.07. The van der Waals surface area contributed by atoms with Crippen molar-refractivity contribution in [2.75, 3.05) is 39.9 Å². The lowest BCUT2D eigenvalue weighted by atomic mass is 10.1. The zero-order valence-electron chi connectivity index (χ0n) is 15.2. The Balaban J connectivity index is 1.80. The Morgan fingerprint density at radius 1 is 1.12 bits per heavy atom. The first-order valence-electron chi connectivity index (χ1n) is 9.13. The van der Waals surface area contributed by atoms with E-state index in [1.165, 1.54) is 37.1 Å². The van der Waals surface area contributed by atoms with Gasteiger partial charge < -0.3 is 15.4 Å². The Kier molecular flexibility index (Phi) is 8.63. The first-order chi connectivity index (χ1) is 11.8. The van der Waals surface area contributed by atoms with Crippen LogP contribution in [0.4, 0.5) is 0 Å². The number of benzene rings is 1. The lowest BCUT2D eigenvalue weighted by Gasteiger charge is -2.14. The number of guanidine groups is 1. The number of ether oxygens (including phenoxy) is 1. The summed E-state index contributed by atoms with van der Waals surface area (Å²) in [7, 11) is 1.73. The van der Waals surface area contributed by atoms with E-state index in [1.807, 2.05) is 0 Å². The summed E-state index contributed by atoms with van der Waals surface area (Å²) in [4.78, 5) is 7.19. The van der Waals surface area contributed by atoms with Crippen molar-refractivity contribution < 1.29 is 4.74 Å². The zero-order valence-corrected chi connectivity index (χ0v) is 15.2. The topological polar surface area (TPSA) is 48.9 Å². The van der Waals surface area contributed by atoms with E-state index in [9.17, 15) is 0 Å². The Morgan fingerprint density at radius 3 is 2.50 bits per heavy atom. The minimum atomic E-state index is 0.698. The molecular weight excluding hydrogens is 300 g/mol. The predicted octanol–water partition coefficient (Wildman–Crippen LogP) is 2.37. The van der Waals surface area contributed by atoms with Crippen molar-refractivity contribution in [3.05, 3.63) is 35.4 Å². The highest BCUT2D eigenvalue weighted by Crippen LogP contribution is 2.13. The average Bonchev–Trinajstić information content (AvgIpc) is 3.11. The molecule has 1 aromatic carbocycles.